The van der Waals surface area contributed by atoms with E-state index in [-0.39, 0.29) is 11.8 Å². The number of carbonyl (C=O) groups excluding carboxylic acids is 2. The molecule has 2 heterocycles. The average Bonchev–Trinajstić information content (AvgIpc) is 3.23. The number of amides is 2. The van der Waals surface area contributed by atoms with Crippen LogP contribution < -0.4 is 5.32 Å². The van der Waals surface area contributed by atoms with E-state index in [9.17, 15) is 9.59 Å². The normalized spacial score (nSPS) is 15.8. The molecule has 1 saturated heterocycles. The minimum atomic E-state index is -0.464. The van der Waals surface area contributed by atoms with Gasteiger partial charge < -0.3 is 10.2 Å². The second kappa shape index (κ2) is 10.2. The first kappa shape index (κ1) is 20.2. The molecule has 3 rings (SSSR count). The Hall–Kier alpha value is -2.50. The maximum Gasteiger partial charge on any atom is 0.248 e. The summed E-state index contributed by atoms with van der Waals surface area (Å²) in [6.07, 6.45) is 2.16. The van der Waals surface area contributed by atoms with E-state index in [0.29, 0.717) is 35.1 Å². The molecule has 1 N–H and O–H groups in total. The minimum Gasteiger partial charge on any atom is -0.324 e. The summed E-state index contributed by atoms with van der Waals surface area (Å²) in [7, 11) is 0. The number of pyridine rings is 1. The lowest BCUT2D eigenvalue weighted by molar-refractivity contribution is -0.135. The van der Waals surface area contributed by atoms with Crippen molar-refractivity contribution in [2.75, 3.05) is 22.7 Å². The molecule has 0 radical (unpaired) electrons. The molecule has 28 heavy (non-hydrogen) atoms. The van der Waals surface area contributed by atoms with Gasteiger partial charge in [0.05, 0.1) is 23.2 Å². The number of benzene rings is 1. The average molecular weight is 413 g/mol. The van der Waals surface area contributed by atoms with Crippen LogP contribution in [0.15, 0.2) is 48.7 Å². The van der Waals surface area contributed by atoms with E-state index in [1.54, 1.807) is 58.9 Å². The molecule has 0 spiro atoms. The molecular formula is C20H20N4O2S2. The van der Waals surface area contributed by atoms with Crippen molar-refractivity contribution in [2.24, 2.45) is 0 Å². The van der Waals surface area contributed by atoms with Gasteiger partial charge in [-0.25, -0.2) is 0 Å². The topological polar surface area (TPSA) is 86.1 Å². The van der Waals surface area contributed by atoms with Crippen LogP contribution in [0.25, 0.3) is 0 Å². The van der Waals surface area contributed by atoms with Crippen molar-refractivity contribution >= 4 is 41.0 Å². The van der Waals surface area contributed by atoms with Gasteiger partial charge in [0.25, 0.3) is 0 Å². The number of thioether (sulfide) groups is 2. The summed E-state index contributed by atoms with van der Waals surface area (Å²) in [5.41, 5.74) is 2.16. The number of hydrogen-bond donors (Lipinski definition) is 1. The number of rotatable bonds is 7. The summed E-state index contributed by atoms with van der Waals surface area (Å²) < 4.78 is 0. The summed E-state index contributed by atoms with van der Waals surface area (Å²) in [6.45, 7) is 0. The van der Waals surface area contributed by atoms with Crippen molar-refractivity contribution in [3.8, 4) is 6.07 Å². The molecule has 0 bridgehead atoms. The number of nitrogens with zero attached hydrogens (tertiary/aromatic N) is 3. The van der Waals surface area contributed by atoms with Crippen LogP contribution >= 0.6 is 23.5 Å². The summed E-state index contributed by atoms with van der Waals surface area (Å²) in [5, 5.41) is 11.7. The van der Waals surface area contributed by atoms with Crippen molar-refractivity contribution in [3.63, 3.8) is 0 Å². The summed E-state index contributed by atoms with van der Waals surface area (Å²) in [6, 6.07) is 14.1. The van der Waals surface area contributed by atoms with Crippen LogP contribution in [-0.2, 0) is 15.3 Å². The Kier molecular flexibility index (Phi) is 7.34. The fourth-order valence-electron chi connectivity index (χ4n) is 2.72. The van der Waals surface area contributed by atoms with Gasteiger partial charge in [0, 0.05) is 35.6 Å². The summed E-state index contributed by atoms with van der Waals surface area (Å²) in [5.74, 6) is 2.40. The van der Waals surface area contributed by atoms with Crippen LogP contribution in [0, 0.1) is 11.3 Å². The second-order valence-electron chi connectivity index (χ2n) is 6.18. The second-order valence-corrected chi connectivity index (χ2v) is 8.29. The standard InChI is InChI=1S/C20H20N4O2S2/c21-11-15-4-6-16(7-5-15)23-20(26)18-13-28-14-24(18)19(25)8-10-27-12-17-3-1-2-9-22-17/h1-7,9,18H,8,10,12-14H2,(H,23,26). The number of carbonyl (C=O) groups is 2. The molecule has 1 aromatic carbocycles. The molecule has 1 unspecified atom stereocenters. The maximum absolute atomic E-state index is 12.6. The van der Waals surface area contributed by atoms with Crippen molar-refractivity contribution in [2.45, 2.75) is 18.2 Å². The number of nitriles is 1. The van der Waals surface area contributed by atoms with Gasteiger partial charge in [-0.1, -0.05) is 6.07 Å². The Morgan fingerprint density at radius 1 is 1.29 bits per heavy atom. The molecule has 0 saturated carbocycles. The zero-order valence-electron chi connectivity index (χ0n) is 15.2. The quantitative estimate of drug-likeness (QED) is 0.703. The van der Waals surface area contributed by atoms with Gasteiger partial charge in [-0.2, -0.15) is 17.0 Å². The van der Waals surface area contributed by atoms with Crippen molar-refractivity contribution in [1.29, 1.82) is 5.26 Å². The highest BCUT2D eigenvalue weighted by Crippen LogP contribution is 2.24. The smallest absolute Gasteiger partial charge is 0.248 e. The zero-order valence-corrected chi connectivity index (χ0v) is 16.8. The lowest BCUT2D eigenvalue weighted by atomic mass is 10.2. The van der Waals surface area contributed by atoms with E-state index in [0.717, 1.165) is 11.4 Å². The first-order valence-electron chi connectivity index (χ1n) is 8.83. The van der Waals surface area contributed by atoms with E-state index in [1.165, 1.54) is 0 Å². The zero-order chi connectivity index (χ0) is 19.8. The molecule has 6 nitrogen and oxygen atoms in total. The SMILES string of the molecule is N#Cc1ccc(NC(=O)C2CSCN2C(=O)CCSCc2ccccn2)cc1. The van der Waals surface area contributed by atoms with Gasteiger partial charge in [0.1, 0.15) is 6.04 Å². The molecule has 1 atom stereocenters. The number of nitrogens with one attached hydrogen (secondary N) is 1. The van der Waals surface area contributed by atoms with Crippen LogP contribution in [0.3, 0.4) is 0 Å². The van der Waals surface area contributed by atoms with E-state index in [2.05, 4.69) is 10.3 Å². The molecule has 1 aliphatic heterocycles. The summed E-state index contributed by atoms with van der Waals surface area (Å²) >= 11 is 3.25. The molecule has 0 aliphatic carbocycles. The lowest BCUT2D eigenvalue weighted by Gasteiger charge is -2.23. The third-order valence-corrected chi connectivity index (χ3v) is 6.23. The predicted octanol–water partition coefficient (Wildman–Crippen LogP) is 3.12. The van der Waals surface area contributed by atoms with E-state index < -0.39 is 6.04 Å². The molecule has 1 fully saturated rings. The predicted molar refractivity (Wildman–Crippen MR) is 113 cm³/mol. The van der Waals surface area contributed by atoms with Gasteiger partial charge in [0.15, 0.2) is 0 Å². The Morgan fingerprint density at radius 2 is 2.11 bits per heavy atom. The Labute approximate surface area is 172 Å². The van der Waals surface area contributed by atoms with Crippen molar-refractivity contribution in [1.82, 2.24) is 9.88 Å². The fourth-order valence-corrected chi connectivity index (χ4v) is 4.75. The van der Waals surface area contributed by atoms with Crippen LogP contribution in [0.4, 0.5) is 5.69 Å². The monoisotopic (exact) mass is 412 g/mol. The van der Waals surface area contributed by atoms with Gasteiger partial charge in [-0.05, 0) is 36.4 Å². The minimum absolute atomic E-state index is 0.00139. The van der Waals surface area contributed by atoms with Crippen molar-refractivity contribution < 1.29 is 9.59 Å². The molecule has 8 heteroatoms. The molecule has 1 aromatic heterocycles. The van der Waals surface area contributed by atoms with Gasteiger partial charge >= 0.3 is 0 Å². The Bertz CT molecular complexity index is 853. The molecular weight excluding hydrogens is 392 g/mol. The summed E-state index contributed by atoms with van der Waals surface area (Å²) in [4.78, 5) is 31.1. The first-order chi connectivity index (χ1) is 13.7. The number of aromatic nitrogens is 1. The van der Waals surface area contributed by atoms with Crippen LogP contribution in [0.1, 0.15) is 17.7 Å². The highest BCUT2D eigenvalue weighted by Gasteiger charge is 2.34. The lowest BCUT2D eigenvalue weighted by Crippen LogP contribution is -2.44. The molecule has 144 valence electrons. The highest BCUT2D eigenvalue weighted by molar-refractivity contribution is 7.99. The van der Waals surface area contributed by atoms with Crippen LogP contribution in [0.2, 0.25) is 0 Å². The molecule has 2 aromatic rings. The maximum atomic E-state index is 12.6. The third-order valence-electron chi connectivity index (χ3n) is 4.22. The van der Waals surface area contributed by atoms with Gasteiger partial charge in [-0.3, -0.25) is 14.6 Å². The largest absolute Gasteiger partial charge is 0.324 e. The Morgan fingerprint density at radius 3 is 2.82 bits per heavy atom. The van der Waals surface area contributed by atoms with E-state index in [1.807, 2.05) is 24.3 Å². The van der Waals surface area contributed by atoms with Gasteiger partial charge in [-0.15, -0.1) is 11.8 Å². The molecule has 2 amide bonds. The van der Waals surface area contributed by atoms with Crippen LogP contribution in [-0.4, -0.2) is 45.1 Å². The molecule has 1 aliphatic rings. The van der Waals surface area contributed by atoms with E-state index >= 15 is 0 Å². The Balaban J connectivity index is 1.47. The van der Waals surface area contributed by atoms with Crippen molar-refractivity contribution in [3.05, 3.63) is 59.9 Å². The third kappa shape index (κ3) is 5.50. The highest BCUT2D eigenvalue weighted by atomic mass is 32.2. The fraction of sp³-hybridized carbons (Fsp3) is 0.300. The van der Waals surface area contributed by atoms with Gasteiger partial charge in [0.2, 0.25) is 11.8 Å². The number of hydrogen-bond acceptors (Lipinski definition) is 6. The number of anilines is 1. The first-order valence-corrected chi connectivity index (χ1v) is 11.1. The van der Waals surface area contributed by atoms with E-state index in [4.69, 9.17) is 5.26 Å². The van der Waals surface area contributed by atoms with Crippen LogP contribution in [0.5, 0.6) is 0 Å².